The average molecular weight is 410 g/mol. The molecular formula is C23H43N3O3. The minimum Gasteiger partial charge on any atom is -0.465 e. The van der Waals surface area contributed by atoms with Crippen LogP contribution >= 0.6 is 0 Å². The van der Waals surface area contributed by atoms with Crippen LogP contribution in [0.5, 0.6) is 12.0 Å². The van der Waals surface area contributed by atoms with Crippen molar-refractivity contribution in [3.63, 3.8) is 0 Å². The molecule has 1 N–H and O–H groups in total. The fourth-order valence-electron chi connectivity index (χ4n) is 3.28. The van der Waals surface area contributed by atoms with Crippen molar-refractivity contribution in [3.8, 4) is 12.0 Å². The van der Waals surface area contributed by atoms with Gasteiger partial charge < -0.3 is 9.47 Å². The highest BCUT2D eigenvalue weighted by Crippen LogP contribution is 2.11. The van der Waals surface area contributed by atoms with Crippen LogP contribution < -0.4 is 15.2 Å². The molecule has 1 aromatic rings. The predicted molar refractivity (Wildman–Crippen MR) is 119 cm³/mol. The second kappa shape index (κ2) is 18.4. The van der Waals surface area contributed by atoms with Crippen LogP contribution in [-0.4, -0.2) is 28.2 Å². The van der Waals surface area contributed by atoms with E-state index in [9.17, 15) is 4.79 Å². The molecule has 0 spiro atoms. The number of aromatic nitrogens is 3. The molecule has 0 saturated carbocycles. The first-order valence-electron chi connectivity index (χ1n) is 12.0. The lowest BCUT2D eigenvalue weighted by atomic mass is 10.1. The topological polar surface area (TPSA) is 77.1 Å². The van der Waals surface area contributed by atoms with E-state index >= 15 is 0 Å². The second-order valence-electron chi connectivity index (χ2n) is 7.89. The molecule has 6 heteroatoms. The molecule has 1 aromatic heterocycles. The number of ether oxygens (including phenoxy) is 2. The van der Waals surface area contributed by atoms with E-state index in [1.807, 2.05) is 0 Å². The number of hydrogen-bond donors (Lipinski definition) is 1. The molecule has 0 unspecified atom stereocenters. The molecule has 6 nitrogen and oxygen atoms in total. The Hall–Kier alpha value is -1.59. The highest BCUT2D eigenvalue weighted by molar-refractivity contribution is 4.99. The molecule has 0 radical (unpaired) electrons. The fourth-order valence-corrected chi connectivity index (χ4v) is 3.28. The zero-order valence-electron chi connectivity index (χ0n) is 18.8. The lowest BCUT2D eigenvalue weighted by Crippen LogP contribution is -2.16. The van der Waals surface area contributed by atoms with Gasteiger partial charge in [0.1, 0.15) is 0 Å². The summed E-state index contributed by atoms with van der Waals surface area (Å²) in [5.41, 5.74) is -0.475. The number of H-pyrrole nitrogens is 1. The van der Waals surface area contributed by atoms with Crippen molar-refractivity contribution in [1.82, 2.24) is 15.0 Å². The lowest BCUT2D eigenvalue weighted by molar-refractivity contribution is 0.250. The van der Waals surface area contributed by atoms with Gasteiger partial charge in [-0.25, -0.2) is 4.79 Å². The molecule has 0 saturated heterocycles. The Bertz CT molecular complexity index is 505. The van der Waals surface area contributed by atoms with Gasteiger partial charge in [-0.05, 0) is 12.8 Å². The summed E-state index contributed by atoms with van der Waals surface area (Å²) >= 11 is 0. The Labute approximate surface area is 177 Å². The number of hydrogen-bond acceptors (Lipinski definition) is 5. The summed E-state index contributed by atoms with van der Waals surface area (Å²) < 4.78 is 11.1. The molecule has 168 valence electrons. The molecule has 0 aliphatic carbocycles. The van der Waals surface area contributed by atoms with Crippen molar-refractivity contribution in [2.45, 2.75) is 117 Å². The first kappa shape index (κ1) is 25.4. The lowest BCUT2D eigenvalue weighted by Gasteiger charge is -2.07. The smallest absolute Gasteiger partial charge is 0.353 e. The van der Waals surface area contributed by atoms with E-state index in [0.29, 0.717) is 13.2 Å². The van der Waals surface area contributed by atoms with E-state index in [4.69, 9.17) is 9.47 Å². The van der Waals surface area contributed by atoms with Gasteiger partial charge in [-0.2, -0.15) is 0 Å². The Morgan fingerprint density at radius 3 is 1.59 bits per heavy atom. The molecule has 0 amide bonds. The number of rotatable bonds is 20. The van der Waals surface area contributed by atoms with Crippen LogP contribution in [0, 0.1) is 0 Å². The monoisotopic (exact) mass is 409 g/mol. The summed E-state index contributed by atoms with van der Waals surface area (Å²) in [6, 6.07) is 0.321. The summed E-state index contributed by atoms with van der Waals surface area (Å²) in [5, 5.41) is 0. The average Bonchev–Trinajstić information content (AvgIpc) is 2.71. The summed E-state index contributed by atoms with van der Waals surface area (Å²) in [4.78, 5) is 22.1. The molecule has 0 bridgehead atoms. The van der Waals surface area contributed by atoms with E-state index in [1.54, 1.807) is 0 Å². The maximum atomic E-state index is 11.7. The SMILES string of the molecule is CCCCCCCCCCOc1nc(OCCCCCCCCCC)[nH]c(=O)n1. The van der Waals surface area contributed by atoms with Crippen molar-refractivity contribution in [3.05, 3.63) is 10.5 Å². The van der Waals surface area contributed by atoms with Crippen LogP contribution in [0.4, 0.5) is 0 Å². The van der Waals surface area contributed by atoms with Crippen LogP contribution in [0.15, 0.2) is 4.79 Å². The minimum atomic E-state index is -0.475. The normalized spacial score (nSPS) is 11.0. The molecule has 0 aromatic carbocycles. The largest absolute Gasteiger partial charge is 0.465 e. The highest BCUT2D eigenvalue weighted by Gasteiger charge is 2.05. The third-order valence-corrected chi connectivity index (χ3v) is 5.07. The van der Waals surface area contributed by atoms with Gasteiger partial charge in [0.2, 0.25) is 0 Å². The van der Waals surface area contributed by atoms with Crippen LogP contribution in [0.3, 0.4) is 0 Å². The summed E-state index contributed by atoms with van der Waals surface area (Å²) in [7, 11) is 0. The summed E-state index contributed by atoms with van der Waals surface area (Å²) in [6.45, 7) is 5.57. The quantitative estimate of drug-likeness (QED) is 0.259. The molecule has 0 aliphatic rings. The maximum Gasteiger partial charge on any atom is 0.353 e. The Balaban J connectivity index is 2.10. The van der Waals surface area contributed by atoms with Crippen molar-refractivity contribution >= 4 is 0 Å². The predicted octanol–water partition coefficient (Wildman–Crippen LogP) is 6.20. The molecule has 0 aliphatic heterocycles. The summed E-state index contributed by atoms with van der Waals surface area (Å²) in [6.07, 6.45) is 19.8. The van der Waals surface area contributed by atoms with E-state index in [-0.39, 0.29) is 12.0 Å². The second-order valence-corrected chi connectivity index (χ2v) is 7.89. The Kier molecular flexibility index (Phi) is 16.2. The zero-order valence-corrected chi connectivity index (χ0v) is 18.8. The van der Waals surface area contributed by atoms with Gasteiger partial charge >= 0.3 is 17.7 Å². The van der Waals surface area contributed by atoms with Crippen LogP contribution in [0.2, 0.25) is 0 Å². The van der Waals surface area contributed by atoms with Crippen molar-refractivity contribution in [2.75, 3.05) is 13.2 Å². The van der Waals surface area contributed by atoms with E-state index in [1.165, 1.54) is 77.0 Å². The summed E-state index contributed by atoms with van der Waals surface area (Å²) in [5.74, 6) is 0. The van der Waals surface area contributed by atoms with E-state index < -0.39 is 5.69 Å². The highest BCUT2D eigenvalue weighted by atomic mass is 16.5. The first-order valence-corrected chi connectivity index (χ1v) is 12.0. The molecular weight excluding hydrogens is 366 g/mol. The van der Waals surface area contributed by atoms with Gasteiger partial charge in [0.15, 0.2) is 0 Å². The van der Waals surface area contributed by atoms with Gasteiger partial charge in [0.05, 0.1) is 13.2 Å². The van der Waals surface area contributed by atoms with Crippen LogP contribution in [0.1, 0.15) is 117 Å². The molecule has 1 rings (SSSR count). The van der Waals surface area contributed by atoms with Crippen LogP contribution in [-0.2, 0) is 0 Å². The van der Waals surface area contributed by atoms with Crippen molar-refractivity contribution < 1.29 is 9.47 Å². The van der Waals surface area contributed by atoms with Crippen molar-refractivity contribution in [1.29, 1.82) is 0 Å². The van der Waals surface area contributed by atoms with Gasteiger partial charge in [-0.15, -0.1) is 9.97 Å². The van der Waals surface area contributed by atoms with E-state index in [2.05, 4.69) is 28.8 Å². The van der Waals surface area contributed by atoms with Crippen molar-refractivity contribution in [2.24, 2.45) is 0 Å². The zero-order chi connectivity index (χ0) is 21.0. The maximum absolute atomic E-state index is 11.7. The minimum absolute atomic E-state index is 0.114. The third kappa shape index (κ3) is 15.0. The van der Waals surface area contributed by atoms with Gasteiger partial charge in [0, 0.05) is 0 Å². The van der Waals surface area contributed by atoms with Gasteiger partial charge in [0.25, 0.3) is 0 Å². The standard InChI is InChI=1S/C23H43N3O3/c1-3-5-7-9-11-13-15-17-19-28-22-24-21(27)25-23(26-22)29-20-18-16-14-12-10-8-6-4-2/h3-20H2,1-2H3,(H,24,25,26,27). The number of nitrogens with one attached hydrogen (secondary N) is 1. The first-order chi connectivity index (χ1) is 14.3. The number of unbranched alkanes of at least 4 members (excludes halogenated alkanes) is 14. The Morgan fingerprint density at radius 1 is 0.621 bits per heavy atom. The van der Waals surface area contributed by atoms with Gasteiger partial charge in [-0.1, -0.05) is 104 Å². The molecule has 0 atom stereocenters. The fraction of sp³-hybridized carbons (Fsp3) is 0.870. The third-order valence-electron chi connectivity index (χ3n) is 5.07. The Morgan fingerprint density at radius 2 is 1.07 bits per heavy atom. The molecule has 1 heterocycles. The molecule has 0 fully saturated rings. The number of nitrogens with zero attached hydrogens (tertiary/aromatic N) is 2. The van der Waals surface area contributed by atoms with Gasteiger partial charge in [-0.3, -0.25) is 4.98 Å². The van der Waals surface area contributed by atoms with E-state index in [0.717, 1.165) is 25.7 Å². The molecule has 29 heavy (non-hydrogen) atoms. The number of aromatic amines is 1. The van der Waals surface area contributed by atoms with Crippen LogP contribution in [0.25, 0.3) is 0 Å².